The first kappa shape index (κ1) is 21.3. The first-order valence-corrected chi connectivity index (χ1v) is 12.6. The molecule has 0 spiro atoms. The Morgan fingerprint density at radius 1 is 1.06 bits per heavy atom. The highest BCUT2D eigenvalue weighted by Crippen LogP contribution is 2.33. The van der Waals surface area contributed by atoms with Crippen molar-refractivity contribution in [3.05, 3.63) is 69.4 Å². The van der Waals surface area contributed by atoms with E-state index in [4.69, 9.17) is 14.5 Å². The molecule has 1 saturated heterocycles. The van der Waals surface area contributed by atoms with Gasteiger partial charge in [-0.25, -0.2) is 4.98 Å². The largest absolute Gasteiger partial charge is 0.494 e. The first-order chi connectivity index (χ1) is 15.8. The summed E-state index contributed by atoms with van der Waals surface area (Å²) in [5, 5.41) is 4.83. The highest BCUT2D eigenvalue weighted by atomic mass is 32.1. The summed E-state index contributed by atoms with van der Waals surface area (Å²) in [7, 11) is 0. The fraction of sp³-hybridized carbons (Fsp3) is 0.333. The molecule has 0 aliphatic carbocycles. The number of fused-ring (bicyclic) bond motifs is 1. The second-order valence-electron chi connectivity index (χ2n) is 7.70. The zero-order valence-electron chi connectivity index (χ0n) is 17.7. The molecular weight excluding hydrogens is 442 g/mol. The smallest absolute Gasteiger partial charge is 0.262 e. The predicted octanol–water partition coefficient (Wildman–Crippen LogP) is 4.49. The summed E-state index contributed by atoms with van der Waals surface area (Å²) in [6, 6.07) is 13.9. The van der Waals surface area contributed by atoms with E-state index in [1.54, 1.807) is 22.7 Å². The molecule has 0 bridgehead atoms. The summed E-state index contributed by atoms with van der Waals surface area (Å²) < 4.78 is 13.2. The molecule has 4 heterocycles. The van der Waals surface area contributed by atoms with E-state index in [2.05, 4.69) is 16.3 Å². The van der Waals surface area contributed by atoms with Crippen LogP contribution < -0.4 is 10.3 Å². The van der Waals surface area contributed by atoms with Gasteiger partial charge in [0.1, 0.15) is 16.4 Å². The molecule has 0 amide bonds. The van der Waals surface area contributed by atoms with Crippen LogP contribution in [0.15, 0.2) is 58.0 Å². The molecule has 1 aromatic carbocycles. The van der Waals surface area contributed by atoms with E-state index in [-0.39, 0.29) is 5.56 Å². The van der Waals surface area contributed by atoms with Crippen LogP contribution in [0.4, 0.5) is 0 Å². The van der Waals surface area contributed by atoms with E-state index < -0.39 is 0 Å². The lowest BCUT2D eigenvalue weighted by Crippen LogP contribution is -2.38. The average molecular weight is 468 g/mol. The van der Waals surface area contributed by atoms with Crippen LogP contribution in [0.25, 0.3) is 20.7 Å². The minimum Gasteiger partial charge on any atom is -0.494 e. The van der Waals surface area contributed by atoms with Crippen molar-refractivity contribution >= 4 is 32.9 Å². The third-order valence-corrected chi connectivity index (χ3v) is 7.34. The monoisotopic (exact) mass is 467 g/mol. The Morgan fingerprint density at radius 2 is 1.91 bits per heavy atom. The fourth-order valence-corrected chi connectivity index (χ4v) is 5.69. The van der Waals surface area contributed by atoms with E-state index in [1.165, 1.54) is 0 Å². The van der Waals surface area contributed by atoms with Gasteiger partial charge in [-0.15, -0.1) is 22.7 Å². The SMILES string of the molecule is O=c1c2c(-c3cccs3)csc2nc(CN2CCOCC2)n1CCCOc1ccccc1. The summed E-state index contributed by atoms with van der Waals surface area (Å²) in [6.45, 7) is 4.94. The molecule has 0 unspecified atom stereocenters. The number of benzene rings is 1. The molecule has 1 aliphatic heterocycles. The zero-order valence-corrected chi connectivity index (χ0v) is 19.4. The molecular formula is C24H25N3O3S2. The van der Waals surface area contributed by atoms with Gasteiger partial charge in [0.15, 0.2) is 0 Å². The molecule has 1 fully saturated rings. The van der Waals surface area contributed by atoms with Crippen LogP contribution in [-0.2, 0) is 17.8 Å². The van der Waals surface area contributed by atoms with Crippen LogP contribution in [0.1, 0.15) is 12.2 Å². The third kappa shape index (κ3) is 4.63. The Kier molecular flexibility index (Phi) is 6.64. The third-order valence-electron chi connectivity index (χ3n) is 5.57. The van der Waals surface area contributed by atoms with E-state index in [9.17, 15) is 4.79 Å². The summed E-state index contributed by atoms with van der Waals surface area (Å²) in [6.07, 6.45) is 0.733. The van der Waals surface area contributed by atoms with Crippen molar-refractivity contribution in [1.29, 1.82) is 0 Å². The lowest BCUT2D eigenvalue weighted by molar-refractivity contribution is 0.0324. The summed E-state index contributed by atoms with van der Waals surface area (Å²) in [4.78, 5) is 22.9. The molecule has 3 aromatic heterocycles. The summed E-state index contributed by atoms with van der Waals surface area (Å²) >= 11 is 3.20. The topological polar surface area (TPSA) is 56.6 Å². The van der Waals surface area contributed by atoms with Crippen LogP contribution in [0.2, 0.25) is 0 Å². The van der Waals surface area contributed by atoms with Gasteiger partial charge in [0.2, 0.25) is 0 Å². The van der Waals surface area contributed by atoms with Crippen molar-refractivity contribution in [3.63, 3.8) is 0 Å². The van der Waals surface area contributed by atoms with Crippen molar-refractivity contribution in [1.82, 2.24) is 14.5 Å². The number of nitrogens with zero attached hydrogens (tertiary/aromatic N) is 3. The van der Waals surface area contributed by atoms with Crippen LogP contribution in [0.3, 0.4) is 0 Å². The average Bonchev–Trinajstić information content (AvgIpc) is 3.50. The van der Waals surface area contributed by atoms with E-state index in [1.807, 2.05) is 46.3 Å². The van der Waals surface area contributed by atoms with E-state index >= 15 is 0 Å². The lowest BCUT2D eigenvalue weighted by Gasteiger charge is -2.27. The Bertz CT molecular complexity index is 1210. The minimum atomic E-state index is 0.0441. The van der Waals surface area contributed by atoms with E-state index in [0.29, 0.717) is 19.7 Å². The highest BCUT2D eigenvalue weighted by Gasteiger charge is 2.20. The minimum absolute atomic E-state index is 0.0441. The number of morpholine rings is 1. The summed E-state index contributed by atoms with van der Waals surface area (Å²) in [5.74, 6) is 1.67. The fourth-order valence-electron chi connectivity index (χ4n) is 3.92. The molecule has 32 heavy (non-hydrogen) atoms. The molecule has 0 saturated carbocycles. The summed E-state index contributed by atoms with van der Waals surface area (Å²) in [5.41, 5.74) is 1.03. The van der Waals surface area contributed by atoms with Crippen molar-refractivity contribution in [3.8, 4) is 16.2 Å². The molecule has 8 heteroatoms. The molecule has 0 N–H and O–H groups in total. The first-order valence-electron chi connectivity index (χ1n) is 10.8. The predicted molar refractivity (Wildman–Crippen MR) is 130 cm³/mol. The number of ether oxygens (including phenoxy) is 2. The Labute approximate surface area is 194 Å². The number of para-hydroxylation sites is 1. The normalized spacial score (nSPS) is 14.8. The highest BCUT2D eigenvalue weighted by molar-refractivity contribution is 7.18. The van der Waals surface area contributed by atoms with Crippen LogP contribution in [-0.4, -0.2) is 47.4 Å². The molecule has 1 aliphatic rings. The Balaban J connectivity index is 1.44. The zero-order chi connectivity index (χ0) is 21.8. The van der Waals surface area contributed by atoms with Gasteiger partial charge in [-0.05, 0) is 30.0 Å². The van der Waals surface area contributed by atoms with Gasteiger partial charge in [0, 0.05) is 35.5 Å². The van der Waals surface area contributed by atoms with Crippen LogP contribution >= 0.6 is 22.7 Å². The molecule has 166 valence electrons. The van der Waals surface area contributed by atoms with Crippen molar-refractivity contribution in [2.24, 2.45) is 0 Å². The number of hydrogen-bond donors (Lipinski definition) is 0. The molecule has 6 nitrogen and oxygen atoms in total. The number of rotatable bonds is 8. The van der Waals surface area contributed by atoms with E-state index in [0.717, 1.165) is 65.0 Å². The quantitative estimate of drug-likeness (QED) is 0.358. The lowest BCUT2D eigenvalue weighted by atomic mass is 10.2. The molecule has 4 aromatic rings. The van der Waals surface area contributed by atoms with Gasteiger partial charge in [-0.2, -0.15) is 0 Å². The van der Waals surface area contributed by atoms with Gasteiger partial charge in [-0.3, -0.25) is 14.3 Å². The maximum atomic E-state index is 13.7. The second kappa shape index (κ2) is 9.95. The molecule has 0 atom stereocenters. The van der Waals surface area contributed by atoms with Crippen LogP contribution in [0.5, 0.6) is 5.75 Å². The molecule has 5 rings (SSSR count). The van der Waals surface area contributed by atoms with Crippen LogP contribution in [0, 0.1) is 0 Å². The van der Waals surface area contributed by atoms with Gasteiger partial charge in [-0.1, -0.05) is 24.3 Å². The Morgan fingerprint density at radius 3 is 2.69 bits per heavy atom. The Hall–Kier alpha value is -2.52. The number of hydrogen-bond acceptors (Lipinski definition) is 7. The van der Waals surface area contributed by atoms with Gasteiger partial charge >= 0.3 is 0 Å². The van der Waals surface area contributed by atoms with Gasteiger partial charge < -0.3 is 9.47 Å². The van der Waals surface area contributed by atoms with Crippen molar-refractivity contribution in [2.75, 3.05) is 32.9 Å². The number of aromatic nitrogens is 2. The van der Waals surface area contributed by atoms with Gasteiger partial charge in [0.25, 0.3) is 5.56 Å². The second-order valence-corrected chi connectivity index (χ2v) is 9.50. The number of thiophene rings is 2. The standard InChI is InChI=1S/C24H25N3O3S2/c28-24-22-19(20-8-4-15-31-20)17-32-23(22)25-21(16-26-10-13-29-14-11-26)27(24)9-5-12-30-18-6-2-1-3-7-18/h1-4,6-8,15,17H,5,9-14,16H2. The van der Waals surface area contributed by atoms with Gasteiger partial charge in [0.05, 0.1) is 31.8 Å². The maximum Gasteiger partial charge on any atom is 0.262 e. The van der Waals surface area contributed by atoms with Crippen molar-refractivity contribution < 1.29 is 9.47 Å². The van der Waals surface area contributed by atoms with Crippen molar-refractivity contribution in [2.45, 2.75) is 19.5 Å². The maximum absolute atomic E-state index is 13.7. The molecule has 0 radical (unpaired) electrons.